The smallest absolute Gasteiger partial charge is 0.140 e. The second-order valence-corrected chi connectivity index (χ2v) is 7.34. The van der Waals surface area contributed by atoms with E-state index in [9.17, 15) is 4.39 Å². The van der Waals surface area contributed by atoms with E-state index >= 15 is 0 Å². The molecule has 0 saturated heterocycles. The van der Waals surface area contributed by atoms with Crippen molar-refractivity contribution < 1.29 is 4.39 Å². The average molecular weight is 405 g/mol. The number of pyridine rings is 1. The zero-order valence-corrected chi connectivity index (χ0v) is 18.0. The van der Waals surface area contributed by atoms with E-state index in [2.05, 4.69) is 48.1 Å². The highest BCUT2D eigenvalue weighted by molar-refractivity contribution is 6.01. The van der Waals surface area contributed by atoms with E-state index in [1.165, 1.54) is 12.1 Å². The minimum atomic E-state index is -0.249. The number of fused-ring (bicyclic) bond motifs is 1. The van der Waals surface area contributed by atoms with Crippen LogP contribution in [0.25, 0.3) is 27.9 Å². The van der Waals surface area contributed by atoms with Crippen LogP contribution in [0.5, 0.6) is 0 Å². The minimum Gasteiger partial charge on any atom is -0.370 e. The zero-order chi connectivity index (χ0) is 22.1. The first-order valence-electron chi connectivity index (χ1n) is 9.95. The summed E-state index contributed by atoms with van der Waals surface area (Å²) in [5.41, 5.74) is 4.79. The van der Waals surface area contributed by atoms with Crippen molar-refractivity contribution in [2.24, 2.45) is 10.9 Å². The number of aromatic amines is 1. The molecule has 2 heterocycles. The third-order valence-electron chi connectivity index (χ3n) is 4.69. The van der Waals surface area contributed by atoms with Crippen LogP contribution in [-0.4, -0.2) is 29.8 Å². The molecule has 0 aliphatic rings. The Kier molecular flexibility index (Phi) is 8.37. The molecule has 3 aromatic rings. The second kappa shape index (κ2) is 11.0. The van der Waals surface area contributed by atoms with Gasteiger partial charge in [0.05, 0.1) is 5.69 Å². The largest absolute Gasteiger partial charge is 0.370 e. The normalized spacial score (nSPS) is 11.7. The molecule has 2 N–H and O–H groups in total. The van der Waals surface area contributed by atoms with Gasteiger partial charge >= 0.3 is 0 Å². The first-order chi connectivity index (χ1) is 14.5. The lowest BCUT2D eigenvalue weighted by Crippen LogP contribution is -2.05. The van der Waals surface area contributed by atoms with E-state index in [1.807, 2.05) is 19.1 Å². The van der Waals surface area contributed by atoms with Crippen LogP contribution < -0.4 is 5.32 Å². The van der Waals surface area contributed by atoms with Crippen LogP contribution in [0, 0.1) is 24.6 Å². The third-order valence-corrected chi connectivity index (χ3v) is 4.69. The molecule has 2 aromatic heterocycles. The van der Waals surface area contributed by atoms with Crippen molar-refractivity contribution in [3.05, 3.63) is 53.9 Å². The molecule has 3 rings (SSSR count). The van der Waals surface area contributed by atoms with Crippen molar-refractivity contribution in [2.45, 2.75) is 27.2 Å². The SMILES string of the molecule is C#C.CN=C/C=C(\C)c1c(-c2ccc(F)cc2)[nH]c2nc(NCCC(C)C)ccc12. The molecule has 30 heavy (non-hydrogen) atoms. The quantitative estimate of drug-likeness (QED) is 0.365. The Morgan fingerprint density at radius 3 is 2.53 bits per heavy atom. The van der Waals surface area contributed by atoms with Crippen molar-refractivity contribution in [1.29, 1.82) is 0 Å². The molecule has 0 saturated carbocycles. The fourth-order valence-corrected chi connectivity index (χ4v) is 3.17. The van der Waals surface area contributed by atoms with E-state index in [1.54, 1.807) is 25.4 Å². The molecule has 0 aliphatic heterocycles. The van der Waals surface area contributed by atoms with Crippen LogP contribution in [0.2, 0.25) is 0 Å². The molecule has 0 radical (unpaired) electrons. The predicted octanol–water partition coefficient (Wildman–Crippen LogP) is 6.18. The molecule has 1 aromatic carbocycles. The van der Waals surface area contributed by atoms with Crippen LogP contribution in [0.15, 0.2) is 47.5 Å². The van der Waals surface area contributed by atoms with Gasteiger partial charge in [0.25, 0.3) is 0 Å². The topological polar surface area (TPSA) is 53.1 Å². The molecule has 0 amide bonds. The van der Waals surface area contributed by atoms with Crippen molar-refractivity contribution in [3.8, 4) is 24.1 Å². The highest BCUT2D eigenvalue weighted by Crippen LogP contribution is 2.35. The summed E-state index contributed by atoms with van der Waals surface area (Å²) in [5, 5.41) is 4.43. The molecular formula is C25H29FN4. The van der Waals surface area contributed by atoms with Crippen LogP contribution in [0.4, 0.5) is 10.2 Å². The standard InChI is InChI=1S/C23H27FN4.C2H2/c1-15(2)11-14-26-20-10-9-19-21(16(3)12-13-25-4)22(28-23(19)27-20)17-5-7-18(24)8-6-17;1-2/h5-10,12-13,15H,11,14H2,1-4H3,(H2,26,27,28);1-2H/b16-12+,25-13?;. The summed E-state index contributed by atoms with van der Waals surface area (Å²) in [7, 11) is 1.75. The Hall–Kier alpha value is -3.39. The van der Waals surface area contributed by atoms with Crippen molar-refractivity contribution in [2.75, 3.05) is 18.9 Å². The van der Waals surface area contributed by atoms with Crippen LogP contribution in [-0.2, 0) is 0 Å². The van der Waals surface area contributed by atoms with Gasteiger partial charge in [-0.15, -0.1) is 12.8 Å². The Bertz CT molecular complexity index is 1040. The first kappa shape index (κ1) is 22.9. The molecule has 5 heteroatoms. The summed E-state index contributed by atoms with van der Waals surface area (Å²) in [6.45, 7) is 7.35. The van der Waals surface area contributed by atoms with Gasteiger partial charge < -0.3 is 10.3 Å². The van der Waals surface area contributed by atoms with E-state index in [4.69, 9.17) is 4.98 Å². The van der Waals surface area contributed by atoms with Gasteiger partial charge in [0, 0.05) is 30.8 Å². The predicted molar refractivity (Wildman–Crippen MR) is 127 cm³/mol. The summed E-state index contributed by atoms with van der Waals surface area (Å²) >= 11 is 0. The Morgan fingerprint density at radius 2 is 1.90 bits per heavy atom. The number of halogens is 1. The number of terminal acetylenes is 1. The molecule has 0 bridgehead atoms. The lowest BCUT2D eigenvalue weighted by atomic mass is 9.99. The third kappa shape index (κ3) is 5.57. The van der Waals surface area contributed by atoms with Crippen molar-refractivity contribution in [1.82, 2.24) is 9.97 Å². The van der Waals surface area contributed by atoms with Crippen LogP contribution in [0.1, 0.15) is 32.8 Å². The van der Waals surface area contributed by atoms with Crippen LogP contribution >= 0.6 is 0 Å². The maximum atomic E-state index is 13.4. The Balaban J connectivity index is 0.00000155. The Morgan fingerprint density at radius 1 is 1.20 bits per heavy atom. The molecule has 0 aliphatic carbocycles. The second-order valence-electron chi connectivity index (χ2n) is 7.34. The zero-order valence-electron chi connectivity index (χ0n) is 18.0. The maximum Gasteiger partial charge on any atom is 0.140 e. The summed E-state index contributed by atoms with van der Waals surface area (Å²) in [6, 6.07) is 10.6. The van der Waals surface area contributed by atoms with E-state index in [0.29, 0.717) is 5.92 Å². The number of allylic oxidation sites excluding steroid dienone is 2. The lowest BCUT2D eigenvalue weighted by molar-refractivity contribution is 0.607. The molecule has 156 valence electrons. The van der Waals surface area contributed by atoms with E-state index in [0.717, 1.165) is 52.2 Å². The van der Waals surface area contributed by atoms with Gasteiger partial charge in [-0.05, 0) is 72.9 Å². The van der Waals surface area contributed by atoms with Crippen LogP contribution in [0.3, 0.4) is 0 Å². The maximum absolute atomic E-state index is 13.4. The average Bonchev–Trinajstić information content (AvgIpc) is 3.12. The first-order valence-corrected chi connectivity index (χ1v) is 9.95. The molecule has 0 spiro atoms. The summed E-state index contributed by atoms with van der Waals surface area (Å²) in [4.78, 5) is 12.3. The van der Waals surface area contributed by atoms with Crippen molar-refractivity contribution in [3.63, 3.8) is 0 Å². The highest BCUT2D eigenvalue weighted by atomic mass is 19.1. The van der Waals surface area contributed by atoms with E-state index in [-0.39, 0.29) is 5.82 Å². The van der Waals surface area contributed by atoms with E-state index < -0.39 is 0 Å². The summed E-state index contributed by atoms with van der Waals surface area (Å²) in [6.07, 6.45) is 12.8. The van der Waals surface area contributed by atoms with Gasteiger partial charge in [-0.2, -0.15) is 0 Å². The highest BCUT2D eigenvalue weighted by Gasteiger charge is 2.16. The molecule has 4 nitrogen and oxygen atoms in total. The van der Waals surface area contributed by atoms with Gasteiger partial charge in [-0.3, -0.25) is 4.99 Å². The minimum absolute atomic E-state index is 0.249. The fraction of sp³-hybridized carbons (Fsp3) is 0.280. The molecular weight excluding hydrogens is 375 g/mol. The number of H-pyrrole nitrogens is 1. The Labute approximate surface area is 178 Å². The number of hydrogen-bond donors (Lipinski definition) is 2. The van der Waals surface area contributed by atoms with Gasteiger partial charge in [0.15, 0.2) is 0 Å². The number of aliphatic imine (C=N–C) groups is 1. The van der Waals surface area contributed by atoms with Gasteiger partial charge in [-0.25, -0.2) is 9.37 Å². The summed E-state index contributed by atoms with van der Waals surface area (Å²) in [5.74, 6) is 1.25. The number of benzene rings is 1. The number of nitrogens with zero attached hydrogens (tertiary/aromatic N) is 2. The van der Waals surface area contributed by atoms with Gasteiger partial charge in [0.1, 0.15) is 17.3 Å². The van der Waals surface area contributed by atoms with Gasteiger partial charge in [0.2, 0.25) is 0 Å². The molecule has 0 unspecified atom stereocenters. The molecule has 0 fully saturated rings. The fourth-order valence-electron chi connectivity index (χ4n) is 3.17. The van der Waals surface area contributed by atoms with Gasteiger partial charge in [-0.1, -0.05) is 13.8 Å². The number of hydrogen-bond acceptors (Lipinski definition) is 3. The molecule has 0 atom stereocenters. The summed E-state index contributed by atoms with van der Waals surface area (Å²) < 4.78 is 13.4. The van der Waals surface area contributed by atoms with Crippen molar-refractivity contribution >= 4 is 28.6 Å². The number of anilines is 1. The monoisotopic (exact) mass is 404 g/mol. The number of rotatable bonds is 7. The number of nitrogens with one attached hydrogen (secondary N) is 2. The number of aromatic nitrogens is 2. The lowest BCUT2D eigenvalue weighted by Gasteiger charge is -2.08.